The van der Waals surface area contributed by atoms with Gasteiger partial charge in [-0.2, -0.15) is 0 Å². The fraction of sp³-hybridized carbons (Fsp3) is 0.120. The smallest absolute Gasteiger partial charge is 0.0101 e. The predicted octanol–water partition coefficient (Wildman–Crippen LogP) is 14.0. The zero-order valence-electron chi connectivity index (χ0n) is 30.0. The van der Waals surface area contributed by atoms with E-state index in [2.05, 4.69) is 171 Å². The van der Waals surface area contributed by atoms with Crippen LogP contribution in [0.3, 0.4) is 0 Å². The van der Waals surface area contributed by atoms with Gasteiger partial charge in [0.25, 0.3) is 0 Å². The van der Waals surface area contributed by atoms with Crippen LogP contribution in [-0.2, 0) is 24.6 Å². The molecule has 254 valence electrons. The highest BCUT2D eigenvalue weighted by molar-refractivity contribution is 7.71. The maximum absolute atomic E-state index is 2.53. The Bertz CT molecular complexity index is 2750. The van der Waals surface area contributed by atoms with Crippen molar-refractivity contribution in [2.45, 2.75) is 38.5 Å². The molecule has 2 aliphatic rings. The average molecular weight is 733 g/mol. The molecule has 0 amide bonds. The first-order valence-corrected chi connectivity index (χ1v) is 23.0. The van der Waals surface area contributed by atoms with Crippen molar-refractivity contribution < 1.29 is 0 Å². The number of benzene rings is 8. The van der Waals surface area contributed by atoms with Crippen molar-refractivity contribution in [3.63, 3.8) is 0 Å². The van der Waals surface area contributed by atoms with Gasteiger partial charge in [0.1, 0.15) is 0 Å². The van der Waals surface area contributed by atoms with Gasteiger partial charge < -0.3 is 0 Å². The zero-order valence-corrected chi connectivity index (χ0v) is 32.6. The number of thiophene rings is 1. The molecular formula is C50H38P2S. The summed E-state index contributed by atoms with van der Waals surface area (Å²) < 4.78 is 0. The van der Waals surface area contributed by atoms with Crippen LogP contribution in [0.1, 0.15) is 32.0 Å². The third-order valence-corrected chi connectivity index (χ3v) is 18.6. The Labute approximate surface area is 317 Å². The molecule has 2 aliphatic heterocycles. The van der Waals surface area contributed by atoms with Crippen molar-refractivity contribution in [3.05, 3.63) is 178 Å². The van der Waals surface area contributed by atoms with Crippen LogP contribution in [0.5, 0.6) is 0 Å². The number of hydrogen-bond acceptors (Lipinski definition) is 1. The average Bonchev–Trinajstić information content (AvgIpc) is 3.37. The number of aryl methyl sites for hydroxylation is 2. The minimum absolute atomic E-state index is 0.502. The molecule has 0 aliphatic carbocycles. The fourth-order valence-electron chi connectivity index (χ4n) is 9.48. The summed E-state index contributed by atoms with van der Waals surface area (Å²) in [6.45, 7) is 4.86. The largest absolute Gasteiger partial charge is 0.145 e. The highest BCUT2D eigenvalue weighted by atomic mass is 32.1. The van der Waals surface area contributed by atoms with Gasteiger partial charge in [0.2, 0.25) is 0 Å². The maximum Gasteiger partial charge on any atom is 0.0101 e. The molecule has 11 rings (SSSR count). The van der Waals surface area contributed by atoms with Crippen molar-refractivity contribution >= 4 is 80.9 Å². The lowest BCUT2D eigenvalue weighted by molar-refractivity contribution is 1.35. The quantitative estimate of drug-likeness (QED) is 0.155. The Morgan fingerprint density at radius 3 is 1.32 bits per heavy atom. The molecule has 0 unspecified atom stereocenters. The van der Waals surface area contributed by atoms with Crippen LogP contribution in [0.2, 0.25) is 0 Å². The lowest BCUT2D eigenvalue weighted by atomic mass is 9.88. The van der Waals surface area contributed by atoms with Crippen molar-refractivity contribution in [2.75, 3.05) is 0 Å². The van der Waals surface area contributed by atoms with Gasteiger partial charge in [-0.25, -0.2) is 0 Å². The van der Waals surface area contributed by atoms with Crippen molar-refractivity contribution in [1.29, 1.82) is 0 Å². The van der Waals surface area contributed by atoms with Crippen molar-refractivity contribution in [2.24, 2.45) is 0 Å². The molecule has 4 bridgehead atoms. The Hall–Kier alpha value is -4.64. The molecule has 0 saturated heterocycles. The summed E-state index contributed by atoms with van der Waals surface area (Å²) in [6, 6.07) is 56.1. The van der Waals surface area contributed by atoms with Crippen LogP contribution in [0.4, 0.5) is 0 Å². The summed E-state index contributed by atoms with van der Waals surface area (Å²) in [5.41, 5.74) is 11.6. The minimum Gasteiger partial charge on any atom is -0.145 e. The van der Waals surface area contributed by atoms with Gasteiger partial charge in [0.05, 0.1) is 0 Å². The number of hydrogen-bond donors (Lipinski definition) is 0. The molecule has 8 aromatic carbocycles. The van der Waals surface area contributed by atoms with Crippen molar-refractivity contribution in [3.8, 4) is 22.3 Å². The van der Waals surface area contributed by atoms with E-state index in [0.717, 1.165) is 24.6 Å². The molecule has 0 N–H and O–H groups in total. The normalized spacial score (nSPS) is 14.5. The van der Waals surface area contributed by atoms with Gasteiger partial charge in [-0.05, 0) is 137 Å². The molecule has 0 radical (unpaired) electrons. The van der Waals surface area contributed by atoms with Crippen LogP contribution < -0.4 is 10.6 Å². The van der Waals surface area contributed by atoms with Gasteiger partial charge >= 0.3 is 0 Å². The fourth-order valence-corrected chi connectivity index (χ4v) is 17.7. The second kappa shape index (κ2) is 12.5. The van der Waals surface area contributed by atoms with E-state index in [-0.39, 0.29) is 0 Å². The van der Waals surface area contributed by atoms with Gasteiger partial charge in [-0.1, -0.05) is 161 Å². The molecule has 0 atom stereocenters. The highest BCUT2D eigenvalue weighted by Crippen LogP contribution is 2.56. The molecule has 0 nitrogen and oxygen atoms in total. The lowest BCUT2D eigenvalue weighted by Crippen LogP contribution is -2.24. The standard InChI is InChI=1S/C50H38P2S/c1-31-49(51-27-33-17-19-37-11-7-15-43(45(37)25-33)44-16-8-12-38-20-18-34(28-51)26-46(38)44)50(32(2)53-31)52-29-39-23-21-35-9-3-5-13-41(35)47(39)48-40(30-52)24-22-36-10-4-6-14-42(36)48/h3-26H,27-30H2,1-2H3. The van der Waals surface area contributed by atoms with E-state index in [1.807, 2.05) is 0 Å². The van der Waals surface area contributed by atoms with E-state index in [0.29, 0.717) is 0 Å². The summed E-state index contributed by atoms with van der Waals surface area (Å²) in [7, 11) is -1.02. The summed E-state index contributed by atoms with van der Waals surface area (Å²) in [6.07, 6.45) is 4.43. The van der Waals surface area contributed by atoms with Crippen LogP contribution in [-0.4, -0.2) is 0 Å². The second-order valence-electron chi connectivity index (χ2n) is 15.0. The van der Waals surface area contributed by atoms with Gasteiger partial charge in [0.15, 0.2) is 0 Å². The zero-order chi connectivity index (χ0) is 35.2. The van der Waals surface area contributed by atoms with Crippen LogP contribution >= 0.6 is 27.2 Å². The molecule has 1 aromatic heterocycles. The first kappa shape index (κ1) is 31.8. The summed E-state index contributed by atoms with van der Waals surface area (Å²) in [5, 5.41) is 14.2. The van der Waals surface area contributed by atoms with E-state index < -0.39 is 15.8 Å². The van der Waals surface area contributed by atoms with E-state index in [1.165, 1.54) is 97.4 Å². The Morgan fingerprint density at radius 1 is 0.396 bits per heavy atom. The van der Waals surface area contributed by atoms with E-state index in [4.69, 9.17) is 0 Å². The summed E-state index contributed by atoms with van der Waals surface area (Å²) >= 11 is 2.06. The first-order chi connectivity index (χ1) is 26.1. The first-order valence-electron chi connectivity index (χ1n) is 18.7. The minimum atomic E-state index is -0.519. The molecule has 0 fully saturated rings. The van der Waals surface area contributed by atoms with Crippen LogP contribution in [0, 0.1) is 13.8 Å². The van der Waals surface area contributed by atoms with E-state index >= 15 is 0 Å². The third-order valence-electron chi connectivity index (χ3n) is 11.8. The Balaban J connectivity index is 1.12. The molecule has 9 aromatic rings. The maximum atomic E-state index is 2.53. The van der Waals surface area contributed by atoms with Gasteiger partial charge in [-0.15, -0.1) is 11.3 Å². The molecule has 3 heteroatoms. The Kier molecular flexibility index (Phi) is 7.49. The molecular weight excluding hydrogens is 695 g/mol. The third kappa shape index (κ3) is 5.16. The monoisotopic (exact) mass is 732 g/mol. The molecule has 0 spiro atoms. The number of fused-ring (bicyclic) bond motifs is 10. The van der Waals surface area contributed by atoms with Crippen LogP contribution in [0.25, 0.3) is 65.3 Å². The molecule has 3 heterocycles. The number of rotatable bonds is 2. The molecule has 0 saturated carbocycles. The summed E-state index contributed by atoms with van der Waals surface area (Å²) in [5.74, 6) is 0. The predicted molar refractivity (Wildman–Crippen MR) is 235 cm³/mol. The van der Waals surface area contributed by atoms with E-state index in [1.54, 1.807) is 10.6 Å². The van der Waals surface area contributed by atoms with E-state index in [9.17, 15) is 0 Å². The highest BCUT2D eigenvalue weighted by Gasteiger charge is 2.32. The Morgan fingerprint density at radius 2 is 0.811 bits per heavy atom. The van der Waals surface area contributed by atoms with Crippen LogP contribution in [0.15, 0.2) is 146 Å². The van der Waals surface area contributed by atoms with Gasteiger partial charge in [0, 0.05) is 9.75 Å². The topological polar surface area (TPSA) is 0 Å². The SMILES string of the molecule is Cc1sc(C)c(P2Cc3ccc4ccccc4c3-c3c(ccc4ccccc34)C2)c1P1Cc2ccc3cccc(c3c2)-c2cccc3ccc(cc23)C1. The second-order valence-corrected chi connectivity index (χ2v) is 20.7. The lowest BCUT2D eigenvalue weighted by Gasteiger charge is -2.26. The van der Waals surface area contributed by atoms with Gasteiger partial charge in [-0.3, -0.25) is 0 Å². The van der Waals surface area contributed by atoms with Crippen molar-refractivity contribution in [1.82, 2.24) is 0 Å². The summed E-state index contributed by atoms with van der Waals surface area (Å²) in [4.78, 5) is 3.07. The molecule has 53 heavy (non-hydrogen) atoms.